The van der Waals surface area contributed by atoms with Crippen molar-refractivity contribution in [2.45, 2.75) is 18.6 Å². The maximum atomic E-state index is 12.1. The van der Waals surface area contributed by atoms with Gasteiger partial charge in [0.15, 0.2) is 0 Å². The molecule has 1 aromatic carbocycles. The molecule has 0 fully saturated rings. The molecule has 0 aliphatic heterocycles. The molecule has 19 heavy (non-hydrogen) atoms. The van der Waals surface area contributed by atoms with Gasteiger partial charge in [-0.3, -0.25) is 0 Å². The Labute approximate surface area is 114 Å². The molecule has 0 amide bonds. The molecule has 0 aliphatic rings. The third-order valence-electron chi connectivity index (χ3n) is 2.82. The van der Waals surface area contributed by atoms with E-state index in [1.54, 1.807) is 0 Å². The Kier molecular flexibility index (Phi) is 4.42. The molecular formula is C13H15F3N2S. The van der Waals surface area contributed by atoms with Gasteiger partial charge in [0, 0.05) is 30.6 Å². The maximum absolute atomic E-state index is 12.1. The highest BCUT2D eigenvalue weighted by Crippen LogP contribution is 2.30. The number of halogens is 3. The van der Waals surface area contributed by atoms with Crippen molar-refractivity contribution in [1.29, 1.82) is 0 Å². The predicted octanol–water partition coefficient (Wildman–Crippen LogP) is 3.61. The molecule has 104 valence electrons. The Morgan fingerprint density at radius 1 is 1.26 bits per heavy atom. The number of fused-ring (bicyclic) bond motifs is 1. The SMILES string of the molecule is CNCc1ccc2ccn(CCSC(F)(F)F)c2c1. The van der Waals surface area contributed by atoms with Crippen molar-refractivity contribution in [2.24, 2.45) is 0 Å². The minimum absolute atomic E-state index is 0.0216. The third kappa shape index (κ3) is 3.91. The highest BCUT2D eigenvalue weighted by Gasteiger charge is 2.27. The highest BCUT2D eigenvalue weighted by molar-refractivity contribution is 8.00. The topological polar surface area (TPSA) is 17.0 Å². The Hall–Kier alpha value is -1.14. The Bertz CT molecular complexity index is 548. The maximum Gasteiger partial charge on any atom is 0.441 e. The standard InChI is InChI=1S/C13H15F3N2S/c1-17-9-10-2-3-11-4-5-18(12(11)8-10)6-7-19-13(14,15)16/h2-5,8,17H,6-7,9H2,1H3. The van der Waals surface area contributed by atoms with E-state index in [0.29, 0.717) is 6.54 Å². The lowest BCUT2D eigenvalue weighted by atomic mass is 10.1. The fraction of sp³-hybridized carbons (Fsp3) is 0.385. The van der Waals surface area contributed by atoms with Crippen molar-refractivity contribution in [3.63, 3.8) is 0 Å². The normalized spacial score (nSPS) is 12.2. The summed E-state index contributed by atoms with van der Waals surface area (Å²) in [7, 11) is 1.86. The van der Waals surface area contributed by atoms with Crippen LogP contribution >= 0.6 is 11.8 Å². The van der Waals surface area contributed by atoms with Gasteiger partial charge in [0.25, 0.3) is 0 Å². The summed E-state index contributed by atoms with van der Waals surface area (Å²) in [4.78, 5) is 0. The van der Waals surface area contributed by atoms with Crippen molar-refractivity contribution < 1.29 is 13.2 Å². The van der Waals surface area contributed by atoms with Gasteiger partial charge in [0.05, 0.1) is 0 Å². The van der Waals surface area contributed by atoms with Crippen LogP contribution in [0.3, 0.4) is 0 Å². The summed E-state index contributed by atoms with van der Waals surface area (Å²) in [6.45, 7) is 1.11. The van der Waals surface area contributed by atoms with Crippen LogP contribution in [0.2, 0.25) is 0 Å². The summed E-state index contributed by atoms with van der Waals surface area (Å²) in [5.74, 6) is 0.0313. The van der Waals surface area contributed by atoms with Crippen LogP contribution < -0.4 is 5.32 Å². The van der Waals surface area contributed by atoms with E-state index in [2.05, 4.69) is 5.32 Å². The fourth-order valence-electron chi connectivity index (χ4n) is 2.00. The molecule has 6 heteroatoms. The predicted molar refractivity (Wildman–Crippen MR) is 73.2 cm³/mol. The van der Waals surface area contributed by atoms with E-state index in [9.17, 15) is 13.2 Å². The highest BCUT2D eigenvalue weighted by atomic mass is 32.2. The first-order chi connectivity index (χ1) is 8.99. The van der Waals surface area contributed by atoms with Gasteiger partial charge >= 0.3 is 5.51 Å². The van der Waals surface area contributed by atoms with Gasteiger partial charge in [0.2, 0.25) is 0 Å². The van der Waals surface area contributed by atoms with Crippen LogP contribution in [0.4, 0.5) is 13.2 Å². The third-order valence-corrected chi connectivity index (χ3v) is 3.53. The Balaban J connectivity index is 2.12. The summed E-state index contributed by atoms with van der Waals surface area (Å²) in [6.07, 6.45) is 1.84. The smallest absolute Gasteiger partial charge is 0.347 e. The zero-order valence-corrected chi connectivity index (χ0v) is 11.3. The summed E-state index contributed by atoms with van der Waals surface area (Å²) >= 11 is 0.0216. The quantitative estimate of drug-likeness (QED) is 0.905. The van der Waals surface area contributed by atoms with Crippen LogP contribution in [0.5, 0.6) is 0 Å². The van der Waals surface area contributed by atoms with E-state index in [0.717, 1.165) is 23.0 Å². The van der Waals surface area contributed by atoms with E-state index >= 15 is 0 Å². The van der Waals surface area contributed by atoms with Crippen LogP contribution in [0.1, 0.15) is 5.56 Å². The van der Waals surface area contributed by atoms with Crippen LogP contribution in [0.15, 0.2) is 30.5 Å². The molecular weight excluding hydrogens is 273 g/mol. The van der Waals surface area contributed by atoms with Gasteiger partial charge in [-0.05, 0) is 41.9 Å². The van der Waals surface area contributed by atoms with Crippen LogP contribution in [0, 0.1) is 0 Å². The molecule has 2 aromatic rings. The van der Waals surface area contributed by atoms with Gasteiger partial charge in [-0.25, -0.2) is 0 Å². The van der Waals surface area contributed by atoms with Crippen LogP contribution in [0.25, 0.3) is 10.9 Å². The lowest BCUT2D eigenvalue weighted by Crippen LogP contribution is -2.07. The van der Waals surface area contributed by atoms with Gasteiger partial charge in [-0.2, -0.15) is 13.2 Å². The molecule has 1 aromatic heterocycles. The average molecular weight is 288 g/mol. The van der Waals surface area contributed by atoms with E-state index in [1.807, 2.05) is 42.1 Å². The van der Waals surface area contributed by atoms with Crippen molar-refractivity contribution in [1.82, 2.24) is 9.88 Å². The first-order valence-electron chi connectivity index (χ1n) is 5.92. The fourth-order valence-corrected chi connectivity index (χ4v) is 2.52. The molecule has 0 aliphatic carbocycles. The molecule has 0 unspecified atom stereocenters. The van der Waals surface area contributed by atoms with Gasteiger partial charge in [0.1, 0.15) is 0 Å². The van der Waals surface area contributed by atoms with Gasteiger partial charge in [-0.1, -0.05) is 12.1 Å². The van der Waals surface area contributed by atoms with Gasteiger partial charge < -0.3 is 9.88 Å². The number of hydrogen-bond donors (Lipinski definition) is 1. The second-order valence-corrected chi connectivity index (χ2v) is 5.39. The number of benzene rings is 1. The summed E-state index contributed by atoms with van der Waals surface area (Å²) < 4.78 is 38.2. The molecule has 0 saturated carbocycles. The molecule has 0 spiro atoms. The van der Waals surface area contributed by atoms with E-state index in [1.165, 1.54) is 0 Å². The largest absolute Gasteiger partial charge is 0.441 e. The molecule has 0 bridgehead atoms. The number of aromatic nitrogens is 1. The van der Waals surface area contributed by atoms with Crippen molar-refractivity contribution in [2.75, 3.05) is 12.8 Å². The zero-order chi connectivity index (χ0) is 13.9. The van der Waals surface area contributed by atoms with Crippen molar-refractivity contribution in [3.05, 3.63) is 36.0 Å². The number of nitrogens with zero attached hydrogens (tertiary/aromatic N) is 1. The summed E-state index contributed by atoms with van der Waals surface area (Å²) in [5.41, 5.74) is -2.05. The molecule has 0 saturated heterocycles. The van der Waals surface area contributed by atoms with E-state index in [4.69, 9.17) is 0 Å². The number of rotatable bonds is 5. The minimum atomic E-state index is -4.15. The lowest BCUT2D eigenvalue weighted by molar-refractivity contribution is -0.0328. The number of alkyl halides is 3. The molecule has 0 atom stereocenters. The van der Waals surface area contributed by atoms with E-state index in [-0.39, 0.29) is 17.5 Å². The summed E-state index contributed by atoms with van der Waals surface area (Å²) in [5, 5.41) is 4.11. The second kappa shape index (κ2) is 5.88. The number of aryl methyl sites for hydroxylation is 1. The Morgan fingerprint density at radius 2 is 2.05 bits per heavy atom. The first-order valence-corrected chi connectivity index (χ1v) is 6.91. The molecule has 2 rings (SSSR count). The second-order valence-electron chi connectivity index (χ2n) is 4.23. The van der Waals surface area contributed by atoms with Crippen LogP contribution in [-0.2, 0) is 13.1 Å². The number of hydrogen-bond acceptors (Lipinski definition) is 2. The molecule has 0 radical (unpaired) electrons. The number of thioether (sulfide) groups is 1. The van der Waals surface area contributed by atoms with Crippen molar-refractivity contribution in [3.8, 4) is 0 Å². The Morgan fingerprint density at radius 3 is 2.74 bits per heavy atom. The molecule has 1 heterocycles. The molecule has 2 nitrogen and oxygen atoms in total. The van der Waals surface area contributed by atoms with E-state index < -0.39 is 5.51 Å². The zero-order valence-electron chi connectivity index (χ0n) is 10.5. The first kappa shape index (κ1) is 14.3. The van der Waals surface area contributed by atoms with Crippen molar-refractivity contribution >= 4 is 22.7 Å². The average Bonchev–Trinajstić information content (AvgIpc) is 2.71. The minimum Gasteiger partial charge on any atom is -0.347 e. The lowest BCUT2D eigenvalue weighted by Gasteiger charge is -2.08. The monoisotopic (exact) mass is 288 g/mol. The summed E-state index contributed by atoms with van der Waals surface area (Å²) in [6, 6.07) is 7.96. The number of nitrogens with one attached hydrogen (secondary N) is 1. The molecule has 1 N–H and O–H groups in total. The van der Waals surface area contributed by atoms with Crippen LogP contribution in [-0.4, -0.2) is 22.9 Å². The van der Waals surface area contributed by atoms with Gasteiger partial charge in [-0.15, -0.1) is 0 Å².